The number of thiazole rings is 1. The minimum Gasteiger partial charge on any atom is -0.305 e. The third-order valence-electron chi connectivity index (χ3n) is 2.88. The topological polar surface area (TPSA) is 53.6 Å². The molecule has 2 heterocycles. The van der Waals surface area contributed by atoms with E-state index in [9.17, 15) is 0 Å². The average molecular weight is 250 g/mol. The standard InChI is InChI=1S/C12H18N4S/c1-7-11(6-14-16-7)5-13-8(2)12-9(3)17-10(4)15-12/h6,8,13H,5H2,1-4H3,(H,14,16). The van der Waals surface area contributed by atoms with Crippen LogP contribution < -0.4 is 5.32 Å². The zero-order chi connectivity index (χ0) is 12.4. The molecule has 0 amide bonds. The van der Waals surface area contributed by atoms with E-state index in [-0.39, 0.29) is 6.04 Å². The number of nitrogens with zero attached hydrogens (tertiary/aromatic N) is 2. The third kappa shape index (κ3) is 2.73. The second-order valence-corrected chi connectivity index (χ2v) is 5.70. The van der Waals surface area contributed by atoms with Gasteiger partial charge in [0.15, 0.2) is 0 Å². The molecular weight excluding hydrogens is 232 g/mol. The first-order valence-electron chi connectivity index (χ1n) is 5.74. The molecule has 2 aromatic heterocycles. The summed E-state index contributed by atoms with van der Waals surface area (Å²) in [7, 11) is 0. The molecule has 0 bridgehead atoms. The second-order valence-electron chi connectivity index (χ2n) is 4.30. The van der Waals surface area contributed by atoms with Gasteiger partial charge in [-0.05, 0) is 27.7 Å². The fourth-order valence-electron chi connectivity index (χ4n) is 1.86. The van der Waals surface area contributed by atoms with Crippen molar-refractivity contribution in [2.24, 2.45) is 0 Å². The van der Waals surface area contributed by atoms with Gasteiger partial charge in [0.1, 0.15) is 0 Å². The quantitative estimate of drug-likeness (QED) is 0.877. The molecule has 0 fully saturated rings. The maximum Gasteiger partial charge on any atom is 0.0900 e. The van der Waals surface area contributed by atoms with E-state index in [2.05, 4.69) is 34.3 Å². The van der Waals surface area contributed by atoms with Crippen molar-refractivity contribution < 1.29 is 0 Å². The van der Waals surface area contributed by atoms with Crippen LogP contribution in [0.2, 0.25) is 0 Å². The van der Waals surface area contributed by atoms with Crippen LogP contribution in [-0.4, -0.2) is 15.2 Å². The predicted octanol–water partition coefficient (Wildman–Crippen LogP) is 2.64. The second kappa shape index (κ2) is 4.98. The van der Waals surface area contributed by atoms with Gasteiger partial charge in [-0.25, -0.2) is 4.98 Å². The summed E-state index contributed by atoms with van der Waals surface area (Å²) >= 11 is 1.75. The average Bonchev–Trinajstić information content (AvgIpc) is 2.81. The summed E-state index contributed by atoms with van der Waals surface area (Å²) in [5.74, 6) is 0. The monoisotopic (exact) mass is 250 g/mol. The van der Waals surface area contributed by atoms with Crippen LogP contribution in [0.15, 0.2) is 6.20 Å². The van der Waals surface area contributed by atoms with Gasteiger partial charge in [-0.2, -0.15) is 5.10 Å². The van der Waals surface area contributed by atoms with Gasteiger partial charge in [-0.3, -0.25) is 5.10 Å². The Bertz CT molecular complexity index is 500. The van der Waals surface area contributed by atoms with Crippen molar-refractivity contribution in [2.75, 3.05) is 0 Å². The molecule has 2 aromatic rings. The molecule has 1 atom stereocenters. The lowest BCUT2D eigenvalue weighted by atomic mass is 10.2. The van der Waals surface area contributed by atoms with Crippen LogP contribution >= 0.6 is 11.3 Å². The number of aromatic amines is 1. The van der Waals surface area contributed by atoms with Gasteiger partial charge in [0.2, 0.25) is 0 Å². The lowest BCUT2D eigenvalue weighted by Crippen LogP contribution is -2.19. The van der Waals surface area contributed by atoms with Gasteiger partial charge >= 0.3 is 0 Å². The molecule has 0 saturated carbocycles. The van der Waals surface area contributed by atoms with Crippen LogP contribution in [0, 0.1) is 20.8 Å². The summed E-state index contributed by atoms with van der Waals surface area (Å²) in [6.07, 6.45) is 1.87. The highest BCUT2D eigenvalue weighted by Gasteiger charge is 2.13. The fourth-order valence-corrected chi connectivity index (χ4v) is 2.77. The van der Waals surface area contributed by atoms with E-state index in [1.165, 1.54) is 10.4 Å². The first-order valence-corrected chi connectivity index (χ1v) is 6.55. The highest BCUT2D eigenvalue weighted by Crippen LogP contribution is 2.22. The molecule has 17 heavy (non-hydrogen) atoms. The highest BCUT2D eigenvalue weighted by molar-refractivity contribution is 7.11. The van der Waals surface area contributed by atoms with Gasteiger partial charge in [0.05, 0.1) is 16.9 Å². The number of nitrogens with one attached hydrogen (secondary N) is 2. The zero-order valence-electron chi connectivity index (χ0n) is 10.7. The van der Waals surface area contributed by atoms with Crippen LogP contribution in [0.5, 0.6) is 0 Å². The lowest BCUT2D eigenvalue weighted by molar-refractivity contribution is 0.560. The summed E-state index contributed by atoms with van der Waals surface area (Å²) in [6.45, 7) is 9.18. The van der Waals surface area contributed by atoms with Crippen molar-refractivity contribution in [3.8, 4) is 0 Å². The SMILES string of the molecule is Cc1nc(C(C)NCc2cn[nH]c2C)c(C)s1. The summed E-state index contributed by atoms with van der Waals surface area (Å²) in [6, 6.07) is 0.272. The molecule has 2 rings (SSSR count). The molecule has 92 valence electrons. The Morgan fingerprint density at radius 1 is 1.41 bits per heavy atom. The lowest BCUT2D eigenvalue weighted by Gasteiger charge is -2.12. The van der Waals surface area contributed by atoms with Gasteiger partial charge in [-0.1, -0.05) is 0 Å². The summed E-state index contributed by atoms with van der Waals surface area (Å²) < 4.78 is 0. The minimum atomic E-state index is 0.272. The number of hydrogen-bond acceptors (Lipinski definition) is 4. The summed E-state index contributed by atoms with van der Waals surface area (Å²) in [4.78, 5) is 5.86. The molecule has 0 radical (unpaired) electrons. The normalized spacial score (nSPS) is 12.9. The molecule has 0 aliphatic rings. The van der Waals surface area contributed by atoms with Crippen LogP contribution in [0.3, 0.4) is 0 Å². The molecule has 0 aromatic carbocycles. The predicted molar refractivity (Wildman–Crippen MR) is 70.2 cm³/mol. The van der Waals surface area contributed by atoms with Crippen molar-refractivity contribution >= 4 is 11.3 Å². The highest BCUT2D eigenvalue weighted by atomic mass is 32.1. The smallest absolute Gasteiger partial charge is 0.0900 e. The molecular formula is C12H18N4S. The molecule has 1 unspecified atom stereocenters. The Hall–Kier alpha value is -1.20. The molecule has 5 heteroatoms. The molecule has 0 saturated heterocycles. The molecule has 0 spiro atoms. The van der Waals surface area contributed by atoms with E-state index in [4.69, 9.17) is 0 Å². The molecule has 0 aliphatic carbocycles. The van der Waals surface area contributed by atoms with E-state index >= 15 is 0 Å². The van der Waals surface area contributed by atoms with Crippen molar-refractivity contribution in [3.63, 3.8) is 0 Å². The van der Waals surface area contributed by atoms with E-state index < -0.39 is 0 Å². The van der Waals surface area contributed by atoms with Crippen LogP contribution in [0.25, 0.3) is 0 Å². The van der Waals surface area contributed by atoms with Gasteiger partial charge in [-0.15, -0.1) is 11.3 Å². The first kappa shape index (κ1) is 12.3. The number of H-pyrrole nitrogens is 1. The van der Waals surface area contributed by atoms with Crippen molar-refractivity contribution in [1.29, 1.82) is 0 Å². The maximum absolute atomic E-state index is 4.57. The van der Waals surface area contributed by atoms with E-state index in [1.807, 2.05) is 20.0 Å². The zero-order valence-corrected chi connectivity index (χ0v) is 11.5. The number of rotatable bonds is 4. The van der Waals surface area contributed by atoms with Crippen LogP contribution in [0.1, 0.15) is 39.8 Å². The van der Waals surface area contributed by atoms with E-state index in [0.717, 1.165) is 22.9 Å². The number of aromatic nitrogens is 3. The Balaban J connectivity index is 2.00. The Kier molecular flexibility index (Phi) is 3.59. The van der Waals surface area contributed by atoms with Gasteiger partial charge in [0.25, 0.3) is 0 Å². The van der Waals surface area contributed by atoms with Crippen molar-refractivity contribution in [3.05, 3.63) is 33.0 Å². The van der Waals surface area contributed by atoms with Crippen molar-refractivity contribution in [1.82, 2.24) is 20.5 Å². The fraction of sp³-hybridized carbons (Fsp3) is 0.500. The van der Waals surface area contributed by atoms with Crippen molar-refractivity contribution in [2.45, 2.75) is 40.3 Å². The van der Waals surface area contributed by atoms with E-state index in [1.54, 1.807) is 11.3 Å². The third-order valence-corrected chi connectivity index (χ3v) is 3.78. The first-order chi connectivity index (χ1) is 8.08. The molecule has 2 N–H and O–H groups in total. The Morgan fingerprint density at radius 2 is 2.18 bits per heavy atom. The largest absolute Gasteiger partial charge is 0.305 e. The maximum atomic E-state index is 4.57. The van der Waals surface area contributed by atoms with Crippen LogP contribution in [0.4, 0.5) is 0 Å². The Labute approximate surface area is 105 Å². The van der Waals surface area contributed by atoms with Gasteiger partial charge in [0, 0.05) is 28.7 Å². The van der Waals surface area contributed by atoms with Crippen LogP contribution in [-0.2, 0) is 6.54 Å². The van der Waals surface area contributed by atoms with Gasteiger partial charge < -0.3 is 5.32 Å². The summed E-state index contributed by atoms with van der Waals surface area (Å²) in [5, 5.41) is 11.6. The molecule has 0 aliphatic heterocycles. The summed E-state index contributed by atoms with van der Waals surface area (Å²) in [5.41, 5.74) is 3.49. The van der Waals surface area contributed by atoms with E-state index in [0.29, 0.717) is 0 Å². The molecule has 4 nitrogen and oxygen atoms in total. The number of aryl methyl sites for hydroxylation is 3. The number of hydrogen-bond donors (Lipinski definition) is 2. The Morgan fingerprint density at radius 3 is 2.71 bits per heavy atom. The minimum absolute atomic E-state index is 0.272.